The summed E-state index contributed by atoms with van der Waals surface area (Å²) in [6.45, 7) is 0.130. The highest BCUT2D eigenvalue weighted by Gasteiger charge is 2.27. The Hall–Kier alpha value is -2.15. The van der Waals surface area contributed by atoms with Crippen LogP contribution < -0.4 is 4.72 Å². The second-order valence-electron chi connectivity index (χ2n) is 7.04. The maximum atomic E-state index is 13.1. The van der Waals surface area contributed by atoms with Crippen LogP contribution in [0.3, 0.4) is 0 Å². The quantitative estimate of drug-likeness (QED) is 0.629. The first kappa shape index (κ1) is 19.2. The van der Waals surface area contributed by atoms with Gasteiger partial charge in [-0.15, -0.1) is 0 Å². The molecule has 1 fully saturated rings. The molecular weight excluding hydrogens is 394 g/mol. The third kappa shape index (κ3) is 3.99. The fraction of sp³-hybridized carbons (Fsp3) is 0.286. The molecule has 7 heteroatoms. The topological polar surface area (TPSA) is 64.0 Å². The van der Waals surface area contributed by atoms with Crippen LogP contribution in [0.1, 0.15) is 37.3 Å². The normalized spacial score (nSPS) is 15.2. The van der Waals surface area contributed by atoms with Gasteiger partial charge in [-0.1, -0.05) is 73.0 Å². The maximum absolute atomic E-state index is 13.1. The molecule has 2 aromatic carbocycles. The van der Waals surface area contributed by atoms with E-state index in [2.05, 4.69) is 9.82 Å². The van der Waals surface area contributed by atoms with Gasteiger partial charge in [-0.25, -0.2) is 13.1 Å². The first-order chi connectivity index (χ1) is 13.5. The van der Waals surface area contributed by atoms with Crippen molar-refractivity contribution in [1.82, 2.24) is 14.5 Å². The minimum absolute atomic E-state index is 0.130. The molecule has 0 radical (unpaired) electrons. The summed E-state index contributed by atoms with van der Waals surface area (Å²) in [6.07, 6.45) is 6.04. The fourth-order valence-electron chi connectivity index (χ4n) is 3.62. The van der Waals surface area contributed by atoms with Crippen LogP contribution in [0.5, 0.6) is 0 Å². The largest absolute Gasteiger partial charge is 0.268 e. The van der Waals surface area contributed by atoms with E-state index in [-0.39, 0.29) is 17.5 Å². The number of benzene rings is 2. The highest BCUT2D eigenvalue weighted by atomic mass is 35.5. The van der Waals surface area contributed by atoms with Gasteiger partial charge in [-0.2, -0.15) is 5.10 Å². The van der Waals surface area contributed by atoms with Gasteiger partial charge in [0.15, 0.2) is 0 Å². The smallest absolute Gasteiger partial charge is 0.244 e. The van der Waals surface area contributed by atoms with Crippen molar-refractivity contribution in [3.63, 3.8) is 0 Å². The minimum Gasteiger partial charge on any atom is -0.268 e. The van der Waals surface area contributed by atoms with Crippen molar-refractivity contribution in [2.45, 2.75) is 43.2 Å². The number of aromatic nitrogens is 2. The van der Waals surface area contributed by atoms with E-state index >= 15 is 0 Å². The highest BCUT2D eigenvalue weighted by Crippen LogP contribution is 2.33. The molecule has 0 bridgehead atoms. The molecule has 0 spiro atoms. The summed E-state index contributed by atoms with van der Waals surface area (Å²) < 4.78 is 30.8. The number of hydrogen-bond acceptors (Lipinski definition) is 3. The Morgan fingerprint density at radius 2 is 1.71 bits per heavy atom. The molecule has 28 heavy (non-hydrogen) atoms. The summed E-state index contributed by atoms with van der Waals surface area (Å²) in [7, 11) is -3.75. The molecule has 1 aliphatic carbocycles. The molecule has 1 heterocycles. The Morgan fingerprint density at radius 1 is 1.04 bits per heavy atom. The van der Waals surface area contributed by atoms with Gasteiger partial charge < -0.3 is 0 Å². The van der Waals surface area contributed by atoms with Gasteiger partial charge in [-0.3, -0.25) is 4.68 Å². The fourth-order valence-corrected chi connectivity index (χ4v) is 4.98. The second-order valence-corrected chi connectivity index (χ2v) is 9.18. The molecule has 0 saturated heterocycles. The Morgan fingerprint density at radius 3 is 2.43 bits per heavy atom. The van der Waals surface area contributed by atoms with Crippen molar-refractivity contribution in [2.24, 2.45) is 0 Å². The van der Waals surface area contributed by atoms with Crippen LogP contribution >= 0.6 is 11.6 Å². The summed E-state index contributed by atoms with van der Waals surface area (Å²) in [5, 5.41) is 5.21. The zero-order valence-corrected chi connectivity index (χ0v) is 17.0. The average Bonchev–Trinajstić information content (AvgIpc) is 3.38. The molecule has 1 N–H and O–H groups in total. The summed E-state index contributed by atoms with van der Waals surface area (Å²) in [4.78, 5) is 0.206. The minimum atomic E-state index is -3.75. The molecular formula is C21H22ClN3O2S. The number of rotatable bonds is 6. The highest BCUT2D eigenvalue weighted by molar-refractivity contribution is 7.89. The third-order valence-electron chi connectivity index (χ3n) is 5.14. The monoisotopic (exact) mass is 415 g/mol. The lowest BCUT2D eigenvalue weighted by molar-refractivity contribution is 0.467. The molecule has 1 aromatic heterocycles. The first-order valence-electron chi connectivity index (χ1n) is 9.42. The molecule has 0 aliphatic heterocycles. The summed E-state index contributed by atoms with van der Waals surface area (Å²) in [6, 6.07) is 16.9. The van der Waals surface area contributed by atoms with Gasteiger partial charge in [0.2, 0.25) is 10.0 Å². The van der Waals surface area contributed by atoms with Crippen molar-refractivity contribution in [3.05, 3.63) is 71.4 Å². The summed E-state index contributed by atoms with van der Waals surface area (Å²) in [5.41, 5.74) is 2.01. The van der Waals surface area contributed by atoms with E-state index in [1.54, 1.807) is 12.3 Å². The first-order valence-corrected chi connectivity index (χ1v) is 11.3. The molecule has 5 nitrogen and oxygen atoms in total. The number of halogens is 1. The molecule has 146 valence electrons. The standard InChI is InChI=1S/C21H22ClN3O2S/c22-19-13-7-4-10-17(19)14-23-28(26,27)20-15-25(18-11-5-6-12-18)24-21(20)16-8-2-1-3-9-16/h1-4,7-10,13,15,18,23H,5-6,11-12,14H2. The van der Waals surface area contributed by atoms with Crippen LogP contribution in [0.25, 0.3) is 11.3 Å². The van der Waals surface area contributed by atoms with Crippen LogP contribution in [0.4, 0.5) is 0 Å². The number of nitrogens with one attached hydrogen (secondary N) is 1. The lowest BCUT2D eigenvalue weighted by atomic mass is 10.2. The van der Waals surface area contributed by atoms with E-state index in [9.17, 15) is 8.42 Å². The van der Waals surface area contributed by atoms with Gasteiger partial charge in [0.25, 0.3) is 0 Å². The molecule has 1 saturated carbocycles. The summed E-state index contributed by atoms with van der Waals surface area (Å²) >= 11 is 6.17. The Bertz CT molecular complexity index is 1060. The lowest BCUT2D eigenvalue weighted by Crippen LogP contribution is -2.23. The van der Waals surface area contributed by atoms with E-state index in [1.807, 2.05) is 53.2 Å². The van der Waals surface area contributed by atoms with Crippen molar-refractivity contribution in [1.29, 1.82) is 0 Å². The third-order valence-corrected chi connectivity index (χ3v) is 6.92. The van der Waals surface area contributed by atoms with Crippen LogP contribution in [0.2, 0.25) is 5.02 Å². The van der Waals surface area contributed by atoms with E-state index < -0.39 is 10.0 Å². The number of hydrogen-bond donors (Lipinski definition) is 1. The maximum Gasteiger partial charge on any atom is 0.244 e. The SMILES string of the molecule is O=S(=O)(NCc1ccccc1Cl)c1cn(C2CCCC2)nc1-c1ccccc1. The molecule has 1 aliphatic rings. The average molecular weight is 416 g/mol. The molecule has 0 atom stereocenters. The lowest BCUT2D eigenvalue weighted by Gasteiger charge is -2.09. The van der Waals surface area contributed by atoms with Gasteiger partial charge in [0, 0.05) is 23.3 Å². The van der Waals surface area contributed by atoms with Crippen LogP contribution in [0, 0.1) is 0 Å². The van der Waals surface area contributed by atoms with Gasteiger partial charge >= 0.3 is 0 Å². The van der Waals surface area contributed by atoms with Crippen molar-refractivity contribution < 1.29 is 8.42 Å². The van der Waals surface area contributed by atoms with Gasteiger partial charge in [0.1, 0.15) is 10.6 Å². The Balaban J connectivity index is 1.69. The van der Waals surface area contributed by atoms with Crippen molar-refractivity contribution in [2.75, 3.05) is 0 Å². The zero-order chi connectivity index (χ0) is 19.6. The van der Waals surface area contributed by atoms with Crippen molar-refractivity contribution >= 4 is 21.6 Å². The van der Waals surface area contributed by atoms with Crippen LogP contribution in [-0.2, 0) is 16.6 Å². The molecule has 4 rings (SSSR count). The zero-order valence-electron chi connectivity index (χ0n) is 15.4. The number of sulfonamides is 1. The van der Waals surface area contributed by atoms with E-state index in [1.165, 1.54) is 0 Å². The second kappa shape index (κ2) is 8.07. The Kier molecular flexibility index (Phi) is 5.53. The predicted molar refractivity (Wildman–Crippen MR) is 111 cm³/mol. The summed E-state index contributed by atoms with van der Waals surface area (Å²) in [5.74, 6) is 0. The Labute approximate surface area is 170 Å². The molecule has 0 unspecified atom stereocenters. The van der Waals surface area contributed by atoms with Gasteiger partial charge in [0.05, 0.1) is 6.04 Å². The molecule has 3 aromatic rings. The van der Waals surface area contributed by atoms with Crippen molar-refractivity contribution in [3.8, 4) is 11.3 Å². The van der Waals surface area contributed by atoms with E-state index in [0.717, 1.165) is 36.8 Å². The van der Waals surface area contributed by atoms with Crippen LogP contribution in [-0.4, -0.2) is 18.2 Å². The predicted octanol–water partition coefficient (Wildman–Crippen LogP) is 4.80. The molecule has 0 amide bonds. The van der Waals surface area contributed by atoms with E-state index in [4.69, 9.17) is 11.6 Å². The van der Waals surface area contributed by atoms with Crippen LogP contribution in [0.15, 0.2) is 65.7 Å². The van der Waals surface area contributed by atoms with Gasteiger partial charge in [-0.05, 0) is 24.5 Å². The van der Waals surface area contributed by atoms with E-state index in [0.29, 0.717) is 10.7 Å². The number of nitrogens with zero attached hydrogens (tertiary/aromatic N) is 2.